The number of thiophene rings is 1. The van der Waals surface area contributed by atoms with Gasteiger partial charge in [-0.25, -0.2) is 4.39 Å². The van der Waals surface area contributed by atoms with Gasteiger partial charge in [-0.05, 0) is 73.0 Å². The zero-order valence-corrected chi connectivity index (χ0v) is 12.8. The molecule has 1 aromatic heterocycles. The third-order valence-corrected chi connectivity index (χ3v) is 4.59. The van der Waals surface area contributed by atoms with Crippen molar-refractivity contribution in [2.24, 2.45) is 5.73 Å². The van der Waals surface area contributed by atoms with Crippen molar-refractivity contribution in [3.05, 3.63) is 54.8 Å². The first-order valence-electron chi connectivity index (χ1n) is 4.99. The number of hydrogen-bond donors (Lipinski definition) is 1. The van der Waals surface area contributed by atoms with Crippen LogP contribution >= 0.6 is 43.2 Å². The second-order valence-electron chi connectivity index (χ2n) is 3.74. The molecule has 2 rings (SSSR count). The summed E-state index contributed by atoms with van der Waals surface area (Å²) in [6.45, 7) is 0. The Balaban J connectivity index is 2.12. The molecule has 0 amide bonds. The minimum atomic E-state index is -0.249. The molecule has 1 aromatic carbocycles. The quantitative estimate of drug-likeness (QED) is 0.826. The molecule has 1 unspecified atom stereocenters. The van der Waals surface area contributed by atoms with Gasteiger partial charge in [0.15, 0.2) is 0 Å². The van der Waals surface area contributed by atoms with Crippen LogP contribution in [0.1, 0.15) is 17.2 Å². The molecule has 1 heterocycles. The summed E-state index contributed by atoms with van der Waals surface area (Å²) in [4.78, 5) is 0. The first-order valence-corrected chi connectivity index (χ1v) is 7.46. The average Bonchev–Trinajstić information content (AvgIpc) is 2.70. The number of halogens is 3. The molecule has 0 aliphatic carbocycles. The van der Waals surface area contributed by atoms with Gasteiger partial charge < -0.3 is 5.73 Å². The van der Waals surface area contributed by atoms with E-state index in [0.29, 0.717) is 10.9 Å². The highest BCUT2D eigenvalue weighted by Gasteiger charge is 2.10. The van der Waals surface area contributed by atoms with Crippen LogP contribution in [0, 0.1) is 5.82 Å². The first-order chi connectivity index (χ1) is 8.06. The normalized spacial score (nSPS) is 12.7. The molecular formula is C12H10Br2FNS. The van der Waals surface area contributed by atoms with Crippen molar-refractivity contribution in [1.82, 2.24) is 0 Å². The van der Waals surface area contributed by atoms with Crippen LogP contribution in [-0.4, -0.2) is 0 Å². The Bertz CT molecular complexity index is 527. The number of rotatable bonds is 3. The fraction of sp³-hybridized carbons (Fsp3) is 0.167. The van der Waals surface area contributed by atoms with Gasteiger partial charge in [0.25, 0.3) is 0 Å². The van der Waals surface area contributed by atoms with Gasteiger partial charge in [-0.3, -0.25) is 0 Å². The molecule has 0 fully saturated rings. The Morgan fingerprint density at radius 3 is 2.65 bits per heavy atom. The van der Waals surface area contributed by atoms with Crippen LogP contribution in [0.5, 0.6) is 0 Å². The zero-order valence-electron chi connectivity index (χ0n) is 8.79. The Labute approximate surface area is 120 Å². The molecule has 0 saturated carbocycles. The number of benzene rings is 1. The van der Waals surface area contributed by atoms with E-state index in [1.165, 1.54) is 6.07 Å². The topological polar surface area (TPSA) is 26.0 Å². The van der Waals surface area contributed by atoms with Gasteiger partial charge >= 0.3 is 0 Å². The summed E-state index contributed by atoms with van der Waals surface area (Å²) in [5.41, 5.74) is 8.23. The minimum Gasteiger partial charge on any atom is -0.324 e. The highest BCUT2D eigenvalue weighted by atomic mass is 79.9. The second kappa shape index (κ2) is 5.61. The molecule has 0 aliphatic rings. The lowest BCUT2D eigenvalue weighted by Crippen LogP contribution is -2.12. The molecule has 1 nitrogen and oxygen atoms in total. The standard InChI is InChI=1S/C12H10Br2FNS/c13-9-3-7(1-2-10(9)15)4-11(16)8-5-12(14)17-6-8/h1-3,5-6,11H,4,16H2. The summed E-state index contributed by atoms with van der Waals surface area (Å²) in [6, 6.07) is 6.96. The number of hydrogen-bond acceptors (Lipinski definition) is 2. The van der Waals surface area contributed by atoms with Crippen molar-refractivity contribution in [1.29, 1.82) is 0 Å². The highest BCUT2D eigenvalue weighted by Crippen LogP contribution is 2.27. The molecule has 0 spiro atoms. The van der Waals surface area contributed by atoms with Gasteiger partial charge in [0.05, 0.1) is 8.26 Å². The smallest absolute Gasteiger partial charge is 0.137 e. The van der Waals surface area contributed by atoms with E-state index in [2.05, 4.69) is 31.9 Å². The summed E-state index contributed by atoms with van der Waals surface area (Å²) in [5.74, 6) is -0.249. The predicted molar refractivity (Wildman–Crippen MR) is 76.8 cm³/mol. The number of nitrogens with two attached hydrogens (primary N) is 1. The van der Waals surface area contributed by atoms with E-state index >= 15 is 0 Å². The van der Waals surface area contributed by atoms with Crippen LogP contribution in [0.3, 0.4) is 0 Å². The molecule has 0 saturated heterocycles. The predicted octanol–water partition coefficient (Wildman–Crippen LogP) is 4.65. The van der Waals surface area contributed by atoms with E-state index in [1.54, 1.807) is 23.5 Å². The molecule has 1 atom stereocenters. The van der Waals surface area contributed by atoms with Gasteiger partial charge in [0.2, 0.25) is 0 Å². The summed E-state index contributed by atoms with van der Waals surface area (Å²) >= 11 is 8.20. The van der Waals surface area contributed by atoms with E-state index < -0.39 is 0 Å². The van der Waals surface area contributed by atoms with Gasteiger partial charge in [-0.1, -0.05) is 6.07 Å². The largest absolute Gasteiger partial charge is 0.324 e. The monoisotopic (exact) mass is 377 g/mol. The summed E-state index contributed by atoms with van der Waals surface area (Å²) < 4.78 is 14.6. The van der Waals surface area contributed by atoms with Gasteiger partial charge in [0.1, 0.15) is 5.82 Å². The van der Waals surface area contributed by atoms with Gasteiger partial charge in [-0.2, -0.15) is 0 Å². The molecule has 90 valence electrons. The average molecular weight is 379 g/mol. The van der Waals surface area contributed by atoms with Gasteiger partial charge in [0, 0.05) is 6.04 Å². The maximum absolute atomic E-state index is 13.1. The van der Waals surface area contributed by atoms with E-state index in [-0.39, 0.29) is 11.9 Å². The van der Waals surface area contributed by atoms with Crippen LogP contribution in [0.4, 0.5) is 4.39 Å². The maximum Gasteiger partial charge on any atom is 0.137 e. The lowest BCUT2D eigenvalue weighted by atomic mass is 10.0. The zero-order chi connectivity index (χ0) is 12.4. The van der Waals surface area contributed by atoms with Crippen molar-refractivity contribution < 1.29 is 4.39 Å². The fourth-order valence-electron chi connectivity index (χ4n) is 1.56. The fourth-order valence-corrected chi connectivity index (χ4v) is 3.22. The van der Waals surface area contributed by atoms with Crippen LogP contribution in [0.25, 0.3) is 0 Å². The second-order valence-corrected chi connectivity index (χ2v) is 6.89. The van der Waals surface area contributed by atoms with Crippen LogP contribution in [0.15, 0.2) is 37.9 Å². The van der Waals surface area contributed by atoms with Crippen LogP contribution in [-0.2, 0) is 6.42 Å². The van der Waals surface area contributed by atoms with E-state index in [4.69, 9.17) is 5.73 Å². The highest BCUT2D eigenvalue weighted by molar-refractivity contribution is 9.11. The minimum absolute atomic E-state index is 0.0603. The lowest BCUT2D eigenvalue weighted by Gasteiger charge is -2.10. The van der Waals surface area contributed by atoms with Crippen LogP contribution < -0.4 is 5.73 Å². The van der Waals surface area contributed by atoms with E-state index in [1.807, 2.05) is 11.4 Å². The third-order valence-electron chi connectivity index (χ3n) is 2.46. The van der Waals surface area contributed by atoms with Gasteiger partial charge in [-0.15, -0.1) is 11.3 Å². The molecule has 5 heteroatoms. The molecular weight excluding hydrogens is 369 g/mol. The summed E-state index contributed by atoms with van der Waals surface area (Å²) in [5, 5.41) is 2.04. The molecule has 2 aromatic rings. The van der Waals surface area contributed by atoms with E-state index in [0.717, 1.165) is 14.9 Å². The van der Waals surface area contributed by atoms with E-state index in [9.17, 15) is 4.39 Å². The summed E-state index contributed by atoms with van der Waals surface area (Å²) in [6.07, 6.45) is 0.696. The molecule has 2 N–H and O–H groups in total. The molecule has 17 heavy (non-hydrogen) atoms. The summed E-state index contributed by atoms with van der Waals surface area (Å²) in [7, 11) is 0. The SMILES string of the molecule is NC(Cc1ccc(F)c(Br)c1)c1csc(Br)c1. The van der Waals surface area contributed by atoms with Crippen molar-refractivity contribution in [3.63, 3.8) is 0 Å². The Morgan fingerprint density at radius 1 is 1.29 bits per heavy atom. The molecule has 0 bridgehead atoms. The van der Waals surface area contributed by atoms with Crippen LogP contribution in [0.2, 0.25) is 0 Å². The van der Waals surface area contributed by atoms with Crippen molar-refractivity contribution in [2.45, 2.75) is 12.5 Å². The maximum atomic E-state index is 13.1. The Kier molecular flexibility index (Phi) is 4.36. The molecule has 0 aliphatic heterocycles. The van der Waals surface area contributed by atoms with Crippen molar-refractivity contribution in [3.8, 4) is 0 Å². The lowest BCUT2D eigenvalue weighted by molar-refractivity contribution is 0.619. The van der Waals surface area contributed by atoms with Crippen molar-refractivity contribution >= 4 is 43.2 Å². The first kappa shape index (κ1) is 13.2. The molecule has 0 radical (unpaired) electrons. The third kappa shape index (κ3) is 3.37. The Morgan fingerprint density at radius 2 is 2.06 bits per heavy atom. The van der Waals surface area contributed by atoms with Crippen molar-refractivity contribution in [2.75, 3.05) is 0 Å². The Hall–Kier alpha value is -0.230.